The number of aryl methyl sites for hydroxylation is 1. The lowest BCUT2D eigenvalue weighted by atomic mass is 10.00. The Morgan fingerprint density at radius 2 is 1.95 bits per heavy atom. The molecule has 0 radical (unpaired) electrons. The summed E-state index contributed by atoms with van der Waals surface area (Å²) in [5, 5.41) is 9.77. The number of carbonyl (C=O) groups excluding carboxylic acids is 2. The highest BCUT2D eigenvalue weighted by atomic mass is 35.5. The van der Waals surface area contributed by atoms with E-state index in [4.69, 9.17) is 30.1 Å². The number of aliphatic hydroxyl groups is 1. The number of rotatable bonds is 12. The second-order valence-corrected chi connectivity index (χ2v) is 13.9. The molecule has 228 valence electrons. The normalized spacial score (nSPS) is 25.5. The minimum absolute atomic E-state index is 0.0528. The zero-order chi connectivity index (χ0) is 30.6. The molecule has 1 unspecified atom stereocenters. The topological polar surface area (TPSA) is 175 Å². The molecule has 6 atom stereocenters. The number of aliphatic hydroxyl groups excluding tert-OH is 1. The molecule has 1 aromatic heterocycles. The summed E-state index contributed by atoms with van der Waals surface area (Å²) in [5.41, 5.74) is -2.29. The van der Waals surface area contributed by atoms with E-state index in [9.17, 15) is 28.8 Å². The SMILES string of the molecule is Cc1cn([C@@H]2O[C@H](COP(=O)(N[C@@H](C)C(=O)OC(C)C)OCCSC(=O)C(C)(C)C)[C@@H](O)[C@]2(F)Cl)c(=O)[nH]c1=O. The van der Waals surface area contributed by atoms with Gasteiger partial charge in [0.2, 0.25) is 0 Å². The predicted molar refractivity (Wildman–Crippen MR) is 146 cm³/mol. The van der Waals surface area contributed by atoms with Crippen LogP contribution in [0.1, 0.15) is 53.3 Å². The summed E-state index contributed by atoms with van der Waals surface area (Å²) in [5.74, 6) is -0.655. The average Bonchev–Trinajstić information content (AvgIpc) is 3.05. The molecule has 1 fully saturated rings. The summed E-state index contributed by atoms with van der Waals surface area (Å²) in [7, 11) is -4.36. The maximum absolute atomic E-state index is 15.4. The van der Waals surface area contributed by atoms with Crippen molar-refractivity contribution in [1.29, 1.82) is 0 Å². The van der Waals surface area contributed by atoms with E-state index < -0.39 is 72.7 Å². The molecule has 1 aromatic rings. The summed E-state index contributed by atoms with van der Waals surface area (Å²) >= 11 is 6.86. The van der Waals surface area contributed by atoms with E-state index in [0.29, 0.717) is 4.57 Å². The van der Waals surface area contributed by atoms with Crippen molar-refractivity contribution in [2.75, 3.05) is 19.0 Å². The van der Waals surface area contributed by atoms with Crippen LogP contribution < -0.4 is 16.3 Å². The molecular formula is C23H36ClFN3O10PS. The molecule has 1 saturated heterocycles. The van der Waals surface area contributed by atoms with Gasteiger partial charge in [0.25, 0.3) is 10.7 Å². The van der Waals surface area contributed by atoms with E-state index in [0.717, 1.165) is 18.0 Å². The fourth-order valence-electron chi connectivity index (χ4n) is 3.28. The van der Waals surface area contributed by atoms with Gasteiger partial charge in [-0.1, -0.05) is 44.1 Å². The molecule has 13 nitrogen and oxygen atoms in total. The lowest BCUT2D eigenvalue weighted by Crippen LogP contribution is -2.42. The number of alkyl halides is 2. The fraction of sp³-hybridized carbons (Fsp3) is 0.739. The van der Waals surface area contributed by atoms with E-state index in [1.165, 1.54) is 13.8 Å². The third-order valence-electron chi connectivity index (χ3n) is 5.43. The van der Waals surface area contributed by atoms with Gasteiger partial charge in [-0.05, 0) is 27.7 Å². The second kappa shape index (κ2) is 13.6. The second-order valence-electron chi connectivity index (χ2n) is 10.5. The molecule has 1 aliphatic heterocycles. The van der Waals surface area contributed by atoms with Gasteiger partial charge in [0, 0.05) is 22.9 Å². The summed E-state index contributed by atoms with van der Waals surface area (Å²) in [6.45, 7) is 10.2. The van der Waals surface area contributed by atoms with Crippen LogP contribution in [0.3, 0.4) is 0 Å². The monoisotopic (exact) mass is 631 g/mol. The summed E-state index contributed by atoms with van der Waals surface area (Å²) < 4.78 is 51.0. The number of halogens is 2. The minimum atomic E-state index is -4.36. The number of ether oxygens (including phenoxy) is 2. The number of H-pyrrole nitrogens is 1. The van der Waals surface area contributed by atoms with Gasteiger partial charge in [-0.25, -0.2) is 18.8 Å². The summed E-state index contributed by atoms with van der Waals surface area (Å²) in [4.78, 5) is 50.4. The van der Waals surface area contributed by atoms with E-state index in [-0.39, 0.29) is 23.0 Å². The first-order valence-corrected chi connectivity index (χ1v) is 15.3. The van der Waals surface area contributed by atoms with Crippen molar-refractivity contribution in [3.05, 3.63) is 32.6 Å². The van der Waals surface area contributed by atoms with Gasteiger partial charge in [-0.15, -0.1) is 0 Å². The molecule has 0 saturated carbocycles. The molecule has 40 heavy (non-hydrogen) atoms. The van der Waals surface area contributed by atoms with Crippen LogP contribution in [-0.4, -0.2) is 74.2 Å². The molecule has 0 bridgehead atoms. The van der Waals surface area contributed by atoms with Crippen molar-refractivity contribution in [2.45, 2.75) is 84.2 Å². The molecule has 3 N–H and O–H groups in total. The number of aromatic nitrogens is 2. The Morgan fingerprint density at radius 1 is 1.32 bits per heavy atom. The standard InChI is InChI=1S/C23H36ClFN3O10PS/c1-12(2)37-18(31)14(4)27-39(34,35-8-9-40-20(32)22(5,6)7)36-11-15-16(29)23(24,25)19(38-15)28-10-13(3)17(30)26-21(28)33/h10,12,14-16,19,29H,8-9,11H2,1-7H3,(H,27,34)(H,26,30,33)/t14-,15+,16+,19+,23+,39?/m0/s1. The Balaban J connectivity index is 2.19. The van der Waals surface area contributed by atoms with Gasteiger partial charge in [-0.3, -0.25) is 33.0 Å². The van der Waals surface area contributed by atoms with Gasteiger partial charge in [0.15, 0.2) is 11.3 Å². The number of nitrogens with one attached hydrogen (secondary N) is 2. The number of carbonyl (C=O) groups is 2. The maximum Gasteiger partial charge on any atom is 0.406 e. The van der Waals surface area contributed by atoms with Gasteiger partial charge in [0.1, 0.15) is 18.2 Å². The molecule has 17 heteroatoms. The number of hydrogen-bond acceptors (Lipinski definition) is 11. The van der Waals surface area contributed by atoms with Crippen molar-refractivity contribution in [2.24, 2.45) is 5.41 Å². The molecular weight excluding hydrogens is 596 g/mol. The Kier molecular flexibility index (Phi) is 11.8. The van der Waals surface area contributed by atoms with Crippen molar-refractivity contribution in [3.8, 4) is 0 Å². The number of thioether (sulfide) groups is 1. The first-order chi connectivity index (χ1) is 18.3. The van der Waals surface area contributed by atoms with Crippen molar-refractivity contribution >= 4 is 42.2 Å². The Bertz CT molecular complexity index is 1230. The van der Waals surface area contributed by atoms with E-state index in [1.807, 2.05) is 4.98 Å². The molecule has 2 rings (SSSR count). The third-order valence-corrected chi connectivity index (χ3v) is 8.80. The number of esters is 1. The highest BCUT2D eigenvalue weighted by Gasteiger charge is 2.58. The van der Waals surface area contributed by atoms with Gasteiger partial charge < -0.3 is 14.6 Å². The Morgan fingerprint density at radius 3 is 2.52 bits per heavy atom. The zero-order valence-electron chi connectivity index (χ0n) is 23.3. The number of hydrogen-bond donors (Lipinski definition) is 3. The largest absolute Gasteiger partial charge is 0.462 e. The quantitative estimate of drug-likeness (QED) is 0.133. The van der Waals surface area contributed by atoms with Crippen LogP contribution in [0.25, 0.3) is 0 Å². The maximum atomic E-state index is 15.4. The smallest absolute Gasteiger partial charge is 0.406 e. The molecule has 1 aliphatic rings. The summed E-state index contributed by atoms with van der Waals surface area (Å²) in [6.07, 6.45) is -4.95. The third kappa shape index (κ3) is 8.96. The zero-order valence-corrected chi connectivity index (χ0v) is 25.7. The van der Waals surface area contributed by atoms with Crippen LogP contribution in [0.2, 0.25) is 0 Å². The highest BCUT2D eigenvalue weighted by Crippen LogP contribution is 2.48. The fourth-order valence-corrected chi connectivity index (χ4v) is 5.97. The van der Waals surface area contributed by atoms with E-state index >= 15 is 4.39 Å². The van der Waals surface area contributed by atoms with Crippen molar-refractivity contribution in [3.63, 3.8) is 0 Å². The Labute approximate surface area is 240 Å². The van der Waals surface area contributed by atoms with Gasteiger partial charge in [0.05, 0.1) is 19.3 Å². The molecule has 0 spiro atoms. The van der Waals surface area contributed by atoms with Crippen LogP contribution in [-0.2, 0) is 32.7 Å². The van der Waals surface area contributed by atoms with Crippen LogP contribution in [0.15, 0.2) is 15.8 Å². The minimum Gasteiger partial charge on any atom is -0.462 e. The van der Waals surface area contributed by atoms with E-state index in [2.05, 4.69) is 5.09 Å². The molecule has 2 heterocycles. The van der Waals surface area contributed by atoms with Gasteiger partial charge >= 0.3 is 19.4 Å². The van der Waals surface area contributed by atoms with Crippen LogP contribution >= 0.6 is 31.1 Å². The lowest BCUT2D eigenvalue weighted by molar-refractivity contribution is -0.149. The van der Waals surface area contributed by atoms with Crippen LogP contribution in [0, 0.1) is 12.3 Å². The first-order valence-electron chi connectivity index (χ1n) is 12.4. The highest BCUT2D eigenvalue weighted by molar-refractivity contribution is 8.13. The molecule has 0 aliphatic carbocycles. The number of aromatic amines is 1. The Hall–Kier alpha value is -1.58. The number of nitrogens with zero attached hydrogens (tertiary/aromatic N) is 1. The van der Waals surface area contributed by atoms with Crippen molar-refractivity contribution in [1.82, 2.24) is 14.6 Å². The first kappa shape index (κ1) is 34.6. The predicted octanol–water partition coefficient (Wildman–Crippen LogP) is 2.38. The van der Waals surface area contributed by atoms with Crippen molar-refractivity contribution < 1.29 is 42.2 Å². The van der Waals surface area contributed by atoms with Crippen LogP contribution in [0.4, 0.5) is 4.39 Å². The lowest BCUT2D eigenvalue weighted by Gasteiger charge is -2.25. The summed E-state index contributed by atoms with van der Waals surface area (Å²) in [6, 6.07) is -1.17. The molecule has 0 aromatic carbocycles. The van der Waals surface area contributed by atoms with E-state index in [1.54, 1.807) is 34.6 Å². The molecule has 0 amide bonds. The van der Waals surface area contributed by atoms with Gasteiger partial charge in [-0.2, -0.15) is 0 Å². The van der Waals surface area contributed by atoms with Crippen LogP contribution in [0.5, 0.6) is 0 Å². The average molecular weight is 632 g/mol.